The zero-order valence-corrected chi connectivity index (χ0v) is 12.5. The van der Waals surface area contributed by atoms with Crippen molar-refractivity contribution < 1.29 is 0 Å². The molecule has 1 fully saturated rings. The number of piperazine rings is 1. The largest absolute Gasteiger partial charge is 0.354 e. The van der Waals surface area contributed by atoms with Gasteiger partial charge in [-0.05, 0) is 18.0 Å². The second-order valence-electron chi connectivity index (χ2n) is 6.47. The van der Waals surface area contributed by atoms with E-state index in [2.05, 4.69) is 61.9 Å². The van der Waals surface area contributed by atoms with E-state index in [0.717, 1.165) is 31.7 Å². The zero-order valence-electron chi connectivity index (χ0n) is 12.5. The van der Waals surface area contributed by atoms with Gasteiger partial charge in [-0.2, -0.15) is 0 Å². The number of hydrogen-bond donors (Lipinski definition) is 1. The number of nitrogens with one attached hydrogen (secondary N) is 1. The number of likely N-dealkylation sites (N-methyl/N-ethyl adjacent to an activating group) is 1. The molecule has 1 heterocycles. The summed E-state index contributed by atoms with van der Waals surface area (Å²) in [6, 6.07) is 8.47. The van der Waals surface area contributed by atoms with Gasteiger partial charge in [0.25, 0.3) is 0 Å². The normalized spacial score (nSPS) is 17.6. The fourth-order valence-electron chi connectivity index (χ4n) is 2.34. The lowest BCUT2D eigenvalue weighted by atomic mass is 9.86. The minimum absolute atomic E-state index is 0.175. The maximum Gasteiger partial charge on any atom is 0.128 e. The monoisotopic (exact) mass is 259 g/mol. The van der Waals surface area contributed by atoms with E-state index in [9.17, 15) is 0 Å². The Kier molecular flexibility index (Phi) is 3.95. The maximum atomic E-state index is 8.32. The molecule has 2 rings (SSSR count). The quantitative estimate of drug-likeness (QED) is 0.620. The molecule has 1 aromatic carbocycles. The van der Waals surface area contributed by atoms with Crippen molar-refractivity contribution in [2.75, 3.05) is 33.2 Å². The van der Waals surface area contributed by atoms with Crippen LogP contribution in [-0.2, 0) is 5.41 Å². The van der Waals surface area contributed by atoms with Crippen molar-refractivity contribution in [1.29, 1.82) is 5.41 Å². The molecule has 3 heteroatoms. The Hall–Kier alpha value is -1.35. The van der Waals surface area contributed by atoms with Gasteiger partial charge in [0.2, 0.25) is 0 Å². The van der Waals surface area contributed by atoms with Crippen LogP contribution in [0.25, 0.3) is 0 Å². The first kappa shape index (κ1) is 14.1. The van der Waals surface area contributed by atoms with Gasteiger partial charge in [0.1, 0.15) is 5.84 Å². The fourth-order valence-corrected chi connectivity index (χ4v) is 2.34. The van der Waals surface area contributed by atoms with Crippen LogP contribution in [0.1, 0.15) is 31.9 Å². The van der Waals surface area contributed by atoms with Crippen LogP contribution < -0.4 is 0 Å². The van der Waals surface area contributed by atoms with Crippen molar-refractivity contribution >= 4 is 5.84 Å². The van der Waals surface area contributed by atoms with Crippen molar-refractivity contribution in [2.45, 2.75) is 26.2 Å². The van der Waals surface area contributed by atoms with Crippen LogP contribution in [-0.4, -0.2) is 48.9 Å². The van der Waals surface area contributed by atoms with Crippen molar-refractivity contribution in [1.82, 2.24) is 9.80 Å². The molecular formula is C16H25N3. The van der Waals surface area contributed by atoms with Crippen LogP contribution in [0, 0.1) is 5.41 Å². The highest BCUT2D eigenvalue weighted by Gasteiger charge is 2.18. The molecule has 0 radical (unpaired) electrons. The first-order valence-corrected chi connectivity index (χ1v) is 7.01. The van der Waals surface area contributed by atoms with E-state index in [4.69, 9.17) is 5.41 Å². The summed E-state index contributed by atoms with van der Waals surface area (Å²) >= 11 is 0. The Balaban J connectivity index is 2.08. The molecule has 1 aliphatic heterocycles. The molecular weight excluding hydrogens is 234 g/mol. The predicted molar refractivity (Wildman–Crippen MR) is 81.0 cm³/mol. The van der Waals surface area contributed by atoms with Gasteiger partial charge in [0.05, 0.1) is 0 Å². The van der Waals surface area contributed by atoms with Gasteiger partial charge in [0.15, 0.2) is 0 Å². The summed E-state index contributed by atoms with van der Waals surface area (Å²) in [5.41, 5.74) is 2.52. The van der Waals surface area contributed by atoms with E-state index in [1.54, 1.807) is 0 Å². The Labute approximate surface area is 116 Å². The SMILES string of the molecule is CN1CCN(C(=N)c2ccc(C(C)(C)C)cc2)CC1. The molecule has 3 nitrogen and oxygen atoms in total. The summed E-state index contributed by atoms with van der Waals surface area (Å²) in [6.07, 6.45) is 0. The van der Waals surface area contributed by atoms with Gasteiger partial charge in [-0.15, -0.1) is 0 Å². The molecule has 104 valence electrons. The molecule has 19 heavy (non-hydrogen) atoms. The molecule has 0 atom stereocenters. The van der Waals surface area contributed by atoms with Crippen LogP contribution in [0.3, 0.4) is 0 Å². The molecule has 1 saturated heterocycles. The van der Waals surface area contributed by atoms with Crippen molar-refractivity contribution in [3.63, 3.8) is 0 Å². The Morgan fingerprint density at radius 2 is 1.53 bits per heavy atom. The van der Waals surface area contributed by atoms with Gasteiger partial charge in [-0.1, -0.05) is 45.0 Å². The third-order valence-electron chi connectivity index (χ3n) is 3.84. The predicted octanol–water partition coefficient (Wildman–Crippen LogP) is 2.56. The highest BCUT2D eigenvalue weighted by atomic mass is 15.3. The topological polar surface area (TPSA) is 30.3 Å². The summed E-state index contributed by atoms with van der Waals surface area (Å²) in [4.78, 5) is 4.48. The van der Waals surface area contributed by atoms with Crippen LogP contribution in [0.15, 0.2) is 24.3 Å². The lowest BCUT2D eigenvalue weighted by Gasteiger charge is -2.34. The number of benzene rings is 1. The minimum Gasteiger partial charge on any atom is -0.354 e. The van der Waals surface area contributed by atoms with Crippen LogP contribution in [0.2, 0.25) is 0 Å². The van der Waals surface area contributed by atoms with Crippen LogP contribution in [0.4, 0.5) is 0 Å². The summed E-state index contributed by atoms with van der Waals surface area (Å²) in [5, 5.41) is 8.32. The van der Waals surface area contributed by atoms with E-state index >= 15 is 0 Å². The molecule has 1 aliphatic rings. The Morgan fingerprint density at radius 1 is 1.00 bits per heavy atom. The third-order valence-corrected chi connectivity index (χ3v) is 3.84. The van der Waals surface area contributed by atoms with Gasteiger partial charge < -0.3 is 9.80 Å². The average Bonchev–Trinajstić information content (AvgIpc) is 2.38. The Bertz CT molecular complexity index is 434. The standard InChI is InChI=1S/C16H25N3/c1-16(2,3)14-7-5-13(6-8-14)15(17)19-11-9-18(4)10-12-19/h5-8,17H,9-12H2,1-4H3. The summed E-state index contributed by atoms with van der Waals surface area (Å²) in [6.45, 7) is 10.6. The molecule has 0 bridgehead atoms. The molecule has 1 N–H and O–H groups in total. The van der Waals surface area contributed by atoms with E-state index in [0.29, 0.717) is 5.84 Å². The molecule has 1 aromatic rings. The number of nitrogens with zero attached hydrogens (tertiary/aromatic N) is 2. The van der Waals surface area contributed by atoms with Crippen LogP contribution >= 0.6 is 0 Å². The van der Waals surface area contributed by atoms with Gasteiger partial charge in [0, 0.05) is 31.7 Å². The van der Waals surface area contributed by atoms with Crippen molar-refractivity contribution in [2.24, 2.45) is 0 Å². The van der Waals surface area contributed by atoms with E-state index < -0.39 is 0 Å². The minimum atomic E-state index is 0.175. The number of amidine groups is 1. The molecule has 0 aliphatic carbocycles. The van der Waals surface area contributed by atoms with Crippen molar-refractivity contribution in [3.05, 3.63) is 35.4 Å². The van der Waals surface area contributed by atoms with E-state index in [1.807, 2.05) is 0 Å². The van der Waals surface area contributed by atoms with Gasteiger partial charge in [-0.25, -0.2) is 0 Å². The third kappa shape index (κ3) is 3.35. The average molecular weight is 259 g/mol. The summed E-state index contributed by atoms with van der Waals surface area (Å²) in [7, 11) is 2.14. The Morgan fingerprint density at radius 3 is 2.00 bits per heavy atom. The highest BCUT2D eigenvalue weighted by molar-refractivity contribution is 5.96. The summed E-state index contributed by atoms with van der Waals surface area (Å²) in [5.74, 6) is 0.661. The van der Waals surface area contributed by atoms with Gasteiger partial charge >= 0.3 is 0 Å². The first-order chi connectivity index (χ1) is 8.88. The van der Waals surface area contributed by atoms with Gasteiger partial charge in [-0.3, -0.25) is 5.41 Å². The van der Waals surface area contributed by atoms with Crippen LogP contribution in [0.5, 0.6) is 0 Å². The molecule has 0 aromatic heterocycles. The first-order valence-electron chi connectivity index (χ1n) is 7.01. The van der Waals surface area contributed by atoms with Crippen molar-refractivity contribution in [3.8, 4) is 0 Å². The molecule has 0 amide bonds. The molecule has 0 unspecified atom stereocenters. The molecule has 0 spiro atoms. The smallest absolute Gasteiger partial charge is 0.128 e. The second-order valence-corrected chi connectivity index (χ2v) is 6.47. The fraction of sp³-hybridized carbons (Fsp3) is 0.562. The molecule has 0 saturated carbocycles. The van der Waals surface area contributed by atoms with E-state index in [-0.39, 0.29) is 5.41 Å². The lowest BCUT2D eigenvalue weighted by Crippen LogP contribution is -2.47. The summed E-state index contributed by atoms with van der Waals surface area (Å²) < 4.78 is 0. The highest BCUT2D eigenvalue weighted by Crippen LogP contribution is 2.22. The maximum absolute atomic E-state index is 8.32. The number of rotatable bonds is 1. The van der Waals surface area contributed by atoms with E-state index in [1.165, 1.54) is 5.56 Å². The zero-order chi connectivity index (χ0) is 14.0. The lowest BCUT2D eigenvalue weighted by molar-refractivity contribution is 0.215. The second kappa shape index (κ2) is 5.33. The number of hydrogen-bond acceptors (Lipinski definition) is 2.